The number of amides is 2. The van der Waals surface area contributed by atoms with Crippen LogP contribution < -0.4 is 20.5 Å². The molecule has 40 heavy (non-hydrogen) atoms. The van der Waals surface area contributed by atoms with E-state index in [0.29, 0.717) is 50.4 Å². The highest BCUT2D eigenvalue weighted by molar-refractivity contribution is 6.00. The summed E-state index contributed by atoms with van der Waals surface area (Å²) in [5, 5.41) is 3.26. The van der Waals surface area contributed by atoms with Crippen LogP contribution in [-0.2, 0) is 9.53 Å². The van der Waals surface area contributed by atoms with E-state index in [-0.39, 0.29) is 35.8 Å². The van der Waals surface area contributed by atoms with Crippen LogP contribution in [0.4, 0.5) is 0 Å². The summed E-state index contributed by atoms with van der Waals surface area (Å²) in [7, 11) is 1.66. The van der Waals surface area contributed by atoms with E-state index in [2.05, 4.69) is 30.5 Å². The molecule has 5 aliphatic heterocycles. The molecule has 0 spiro atoms. The molecular weight excluding hydrogens is 508 g/mol. The molecule has 210 valence electrons. The Morgan fingerprint density at radius 3 is 2.77 bits per heavy atom. The second kappa shape index (κ2) is 10.6. The van der Waals surface area contributed by atoms with Crippen molar-refractivity contribution in [1.82, 2.24) is 10.2 Å². The first-order chi connectivity index (χ1) is 19.4. The number of hydrogen-bond donors (Lipinski definition) is 2. The van der Waals surface area contributed by atoms with Gasteiger partial charge in [0, 0.05) is 36.1 Å². The van der Waals surface area contributed by atoms with Crippen molar-refractivity contribution in [2.24, 2.45) is 16.6 Å². The number of nitrogens with one attached hydrogen (secondary N) is 1. The summed E-state index contributed by atoms with van der Waals surface area (Å²) in [4.78, 5) is 33.9. The van der Waals surface area contributed by atoms with Crippen molar-refractivity contribution in [2.45, 2.75) is 56.7 Å². The van der Waals surface area contributed by atoms with Crippen LogP contribution in [0.3, 0.4) is 0 Å². The minimum atomic E-state index is -0.536. The van der Waals surface area contributed by atoms with Crippen molar-refractivity contribution in [2.75, 3.05) is 26.9 Å². The molecule has 4 atom stereocenters. The summed E-state index contributed by atoms with van der Waals surface area (Å²) in [6.07, 6.45) is 7.23. The normalized spacial score (nSPS) is 28.4. The van der Waals surface area contributed by atoms with Crippen molar-refractivity contribution >= 4 is 23.8 Å². The van der Waals surface area contributed by atoms with Crippen LogP contribution in [0.1, 0.15) is 78.2 Å². The van der Waals surface area contributed by atoms with Gasteiger partial charge in [-0.05, 0) is 55.2 Å². The number of benzene rings is 2. The maximum absolute atomic E-state index is 13.7. The van der Waals surface area contributed by atoms with Gasteiger partial charge < -0.3 is 25.3 Å². The first kappa shape index (κ1) is 26.4. The highest BCUT2D eigenvalue weighted by Crippen LogP contribution is 2.41. The van der Waals surface area contributed by atoms with E-state index >= 15 is 0 Å². The molecule has 0 saturated heterocycles. The van der Waals surface area contributed by atoms with Crippen LogP contribution in [0, 0.1) is 5.92 Å². The van der Waals surface area contributed by atoms with Gasteiger partial charge in [-0.2, -0.15) is 0 Å². The number of carbonyl (C=O) groups is 2. The minimum Gasteiger partial charge on any atom is -0.493 e. The molecule has 0 aliphatic carbocycles. The third-order valence-corrected chi connectivity index (χ3v) is 8.64. The fourth-order valence-electron chi connectivity index (χ4n) is 6.42. The number of guanidine groups is 1. The Hall–Kier alpha value is -3.85. The Morgan fingerprint density at radius 1 is 1.15 bits per heavy atom. The molecule has 0 aromatic heterocycles. The third-order valence-electron chi connectivity index (χ3n) is 8.64. The minimum absolute atomic E-state index is 0.0444. The molecule has 0 fully saturated rings. The number of rotatable bonds is 3. The number of hydrogen-bond acceptors (Lipinski definition) is 7. The zero-order valence-electron chi connectivity index (χ0n) is 23.0. The predicted molar refractivity (Wildman–Crippen MR) is 151 cm³/mol. The zero-order valence-corrected chi connectivity index (χ0v) is 23.0. The van der Waals surface area contributed by atoms with Crippen LogP contribution in [0.2, 0.25) is 0 Å². The maximum atomic E-state index is 13.7. The quantitative estimate of drug-likeness (QED) is 0.600. The Morgan fingerprint density at radius 2 is 1.98 bits per heavy atom. The summed E-state index contributed by atoms with van der Waals surface area (Å²) in [6.45, 7) is 3.39. The van der Waals surface area contributed by atoms with Gasteiger partial charge in [0.1, 0.15) is 11.5 Å². The van der Waals surface area contributed by atoms with Crippen molar-refractivity contribution in [3.05, 3.63) is 64.7 Å². The second-order valence-corrected chi connectivity index (χ2v) is 11.1. The van der Waals surface area contributed by atoms with Crippen molar-refractivity contribution in [1.29, 1.82) is 0 Å². The van der Waals surface area contributed by atoms with Gasteiger partial charge in [-0.25, -0.2) is 4.99 Å². The molecule has 0 unspecified atom stereocenters. The molecule has 2 aromatic rings. The van der Waals surface area contributed by atoms with E-state index in [1.54, 1.807) is 24.1 Å². The first-order valence-electron chi connectivity index (χ1n) is 14.1. The number of aliphatic imine (C=N–C) groups is 1. The largest absolute Gasteiger partial charge is 0.493 e. The highest BCUT2D eigenvalue weighted by Gasteiger charge is 2.42. The summed E-state index contributed by atoms with van der Waals surface area (Å²) < 4.78 is 17.5. The van der Waals surface area contributed by atoms with E-state index < -0.39 is 5.54 Å². The van der Waals surface area contributed by atoms with Gasteiger partial charge in [-0.3, -0.25) is 14.5 Å². The number of nitrogens with zero attached hydrogens (tertiary/aromatic N) is 2. The summed E-state index contributed by atoms with van der Waals surface area (Å²) in [6, 6.07) is 10.8. The van der Waals surface area contributed by atoms with Gasteiger partial charge in [0.05, 0.1) is 43.9 Å². The fourth-order valence-corrected chi connectivity index (χ4v) is 6.42. The molecule has 5 heterocycles. The molecular formula is C31H36N4O5. The molecule has 6 bridgehead atoms. The number of fused-ring (bicyclic) bond motifs is 4. The topological polar surface area (TPSA) is 115 Å². The van der Waals surface area contributed by atoms with Crippen molar-refractivity contribution in [3.63, 3.8) is 0 Å². The molecule has 2 amide bonds. The third kappa shape index (κ3) is 4.72. The van der Waals surface area contributed by atoms with Gasteiger partial charge in [0.2, 0.25) is 5.91 Å². The van der Waals surface area contributed by atoms with E-state index in [4.69, 9.17) is 24.9 Å². The van der Waals surface area contributed by atoms with Crippen LogP contribution in [-0.4, -0.2) is 55.1 Å². The molecule has 3 N–H and O–H groups in total. The Bertz CT molecular complexity index is 1390. The van der Waals surface area contributed by atoms with Gasteiger partial charge in [-0.1, -0.05) is 25.1 Å². The summed E-state index contributed by atoms with van der Waals surface area (Å²) >= 11 is 0. The van der Waals surface area contributed by atoms with Gasteiger partial charge >= 0.3 is 0 Å². The van der Waals surface area contributed by atoms with Crippen LogP contribution in [0.15, 0.2) is 47.5 Å². The maximum Gasteiger partial charge on any atom is 0.251 e. The van der Waals surface area contributed by atoms with Gasteiger partial charge in [0.15, 0.2) is 5.96 Å². The smallest absolute Gasteiger partial charge is 0.251 e. The fraction of sp³-hybridized carbons (Fsp3) is 0.452. The second-order valence-electron chi connectivity index (χ2n) is 11.1. The van der Waals surface area contributed by atoms with Crippen LogP contribution >= 0.6 is 0 Å². The van der Waals surface area contributed by atoms with Gasteiger partial charge in [0.25, 0.3) is 5.91 Å². The Labute approximate surface area is 234 Å². The first-order valence-corrected chi connectivity index (χ1v) is 14.1. The summed E-state index contributed by atoms with van der Waals surface area (Å²) in [5.74, 6) is 1.34. The average molecular weight is 545 g/mol. The average Bonchev–Trinajstić information content (AvgIpc) is 2.95. The molecule has 9 heteroatoms. The predicted octanol–water partition coefficient (Wildman–Crippen LogP) is 4.14. The van der Waals surface area contributed by atoms with E-state index in [1.165, 1.54) is 0 Å². The zero-order chi connectivity index (χ0) is 27.9. The van der Waals surface area contributed by atoms with Crippen molar-refractivity contribution < 1.29 is 23.8 Å². The van der Waals surface area contributed by atoms with Crippen molar-refractivity contribution in [3.8, 4) is 11.5 Å². The number of nitrogens with two attached hydrogens (primary N) is 1. The number of carbonyl (C=O) groups excluding carboxylic acids is 2. The van der Waals surface area contributed by atoms with Gasteiger partial charge in [-0.15, -0.1) is 0 Å². The van der Waals surface area contributed by atoms with Crippen LogP contribution in [0.5, 0.6) is 11.5 Å². The Balaban J connectivity index is 1.46. The lowest BCUT2D eigenvalue weighted by molar-refractivity contribution is -0.132. The van der Waals surface area contributed by atoms with E-state index in [1.807, 2.05) is 18.2 Å². The van der Waals surface area contributed by atoms with E-state index in [9.17, 15) is 9.59 Å². The number of ether oxygens (including phenoxy) is 3. The molecule has 5 aliphatic rings. The summed E-state index contributed by atoms with van der Waals surface area (Å²) in [5.41, 5.74) is 9.18. The number of methoxy groups -OCH3 is 1. The Kier molecular flexibility index (Phi) is 7.00. The highest BCUT2D eigenvalue weighted by atomic mass is 16.5. The van der Waals surface area contributed by atoms with Crippen LogP contribution in [0.25, 0.3) is 6.08 Å². The monoisotopic (exact) mass is 544 g/mol. The lowest BCUT2D eigenvalue weighted by atomic mass is 9.84. The molecule has 2 aromatic carbocycles. The van der Waals surface area contributed by atoms with E-state index in [0.717, 1.165) is 35.3 Å². The molecule has 0 radical (unpaired) electrons. The standard InChI is InChI=1S/C31H36N4O5/c1-3-31-12-5-4-6-19-7-9-26-23(14-19)28(21(17-38-2)18-40-26)33-29(37)20-8-10-25-22(15-20)24(11-13-39-25)35(27(36)16-31)30(32)34-31/h4,6-10,14-15,21,24,28H,3,5,11-13,16-18H2,1-2H3,(H2,32,34)(H,33,37)/b6-4-/t21-,24-,28+,31-/m1/s1. The molecule has 9 nitrogen and oxygen atoms in total. The SMILES string of the molecule is CC[C@@]12CC/C=C\c3ccc4c(c3)[C@@H](NC(=O)c3ccc5c(c3)[C@@H](CCO5)N(C(=O)C1)C(N)=N2)[C@H](COC)CO4. The lowest BCUT2D eigenvalue weighted by Gasteiger charge is -2.42. The molecule has 0 saturated carbocycles. The molecule has 7 rings (SSSR count). The lowest BCUT2D eigenvalue weighted by Crippen LogP contribution is -2.53. The number of allylic oxidation sites excluding steroid dienone is 1.